The second kappa shape index (κ2) is 6.71. The number of aliphatic hydroxyl groups excluding tert-OH is 1. The Hall–Kier alpha value is -1.60. The zero-order chi connectivity index (χ0) is 14.5. The van der Waals surface area contributed by atoms with Crippen LogP contribution in [0.1, 0.15) is 42.0 Å². The lowest BCUT2D eigenvalue weighted by molar-refractivity contribution is 0.175. The molecule has 0 aliphatic carbocycles. The van der Waals surface area contributed by atoms with Crippen molar-refractivity contribution in [2.75, 3.05) is 0 Å². The Bertz CT molecular complexity index is 540. The molecule has 0 fully saturated rings. The smallest absolute Gasteiger partial charge is 0.0620 e. The second-order valence-corrected chi connectivity index (χ2v) is 5.95. The summed E-state index contributed by atoms with van der Waals surface area (Å²) in [7, 11) is 0. The van der Waals surface area contributed by atoms with Crippen molar-refractivity contribution in [1.29, 1.82) is 0 Å². The van der Waals surface area contributed by atoms with Crippen molar-refractivity contribution < 1.29 is 5.11 Å². The van der Waals surface area contributed by atoms with Gasteiger partial charge in [-0.05, 0) is 42.4 Å². The van der Waals surface area contributed by atoms with Crippen molar-refractivity contribution in [3.8, 4) is 0 Å². The maximum atomic E-state index is 10.2. The van der Waals surface area contributed by atoms with E-state index in [0.717, 1.165) is 0 Å². The van der Waals surface area contributed by atoms with Gasteiger partial charge in [0.2, 0.25) is 0 Å². The third-order valence-electron chi connectivity index (χ3n) is 3.67. The second-order valence-electron chi connectivity index (χ2n) is 5.95. The predicted octanol–water partition coefficient (Wildman–Crippen LogP) is 4.26. The minimum Gasteiger partial charge on any atom is -0.392 e. The number of benzene rings is 2. The van der Waals surface area contributed by atoms with Crippen molar-refractivity contribution in [3.63, 3.8) is 0 Å². The van der Waals surface area contributed by atoms with Gasteiger partial charge in [0, 0.05) is 0 Å². The molecule has 0 saturated heterocycles. The molecule has 0 radical (unpaired) electrons. The molecule has 2 rings (SSSR count). The lowest BCUT2D eigenvalue weighted by Crippen LogP contribution is -2.14. The number of aliphatic hydroxyl groups is 1. The van der Waals surface area contributed by atoms with E-state index in [0.29, 0.717) is 18.8 Å². The molecule has 0 aliphatic rings. The quantitative estimate of drug-likeness (QED) is 0.859. The van der Waals surface area contributed by atoms with Crippen LogP contribution in [0.3, 0.4) is 0 Å². The van der Waals surface area contributed by atoms with E-state index in [9.17, 15) is 5.11 Å². The summed E-state index contributed by atoms with van der Waals surface area (Å²) in [6, 6.07) is 17.0. The van der Waals surface area contributed by atoms with E-state index in [2.05, 4.69) is 69.3 Å². The fourth-order valence-electron chi connectivity index (χ4n) is 2.49. The molecular formula is C19H24O. The first-order valence-corrected chi connectivity index (χ1v) is 7.37. The largest absolute Gasteiger partial charge is 0.392 e. The normalized spacial score (nSPS) is 12.7. The summed E-state index contributed by atoms with van der Waals surface area (Å²) in [4.78, 5) is 0. The van der Waals surface area contributed by atoms with E-state index in [1.807, 2.05) is 0 Å². The molecular weight excluding hydrogens is 244 g/mol. The standard InChI is InChI=1S/C19H24O/c1-14(2)18-9-7-16(8-10-18)12-19(20)13-17-6-4-5-15(3)11-17/h4-11,14,19-20H,12-13H2,1-3H3. The lowest BCUT2D eigenvalue weighted by Gasteiger charge is -2.12. The van der Waals surface area contributed by atoms with Crippen molar-refractivity contribution in [1.82, 2.24) is 0 Å². The van der Waals surface area contributed by atoms with E-state index in [-0.39, 0.29) is 6.10 Å². The van der Waals surface area contributed by atoms with Crippen molar-refractivity contribution in [2.24, 2.45) is 0 Å². The van der Waals surface area contributed by atoms with Crippen LogP contribution in [0.5, 0.6) is 0 Å². The van der Waals surface area contributed by atoms with Gasteiger partial charge >= 0.3 is 0 Å². The van der Waals surface area contributed by atoms with Crippen LogP contribution in [0.4, 0.5) is 0 Å². The SMILES string of the molecule is Cc1cccc(CC(O)Cc2ccc(C(C)C)cc2)c1. The van der Waals surface area contributed by atoms with E-state index in [1.165, 1.54) is 22.3 Å². The Kier molecular flexibility index (Phi) is 4.97. The van der Waals surface area contributed by atoms with E-state index in [1.54, 1.807) is 0 Å². The summed E-state index contributed by atoms with van der Waals surface area (Å²) in [6.07, 6.45) is 1.11. The van der Waals surface area contributed by atoms with E-state index < -0.39 is 0 Å². The van der Waals surface area contributed by atoms with Crippen LogP contribution in [0.25, 0.3) is 0 Å². The third-order valence-corrected chi connectivity index (χ3v) is 3.67. The lowest BCUT2D eigenvalue weighted by atomic mass is 9.97. The van der Waals surface area contributed by atoms with Gasteiger partial charge in [0.15, 0.2) is 0 Å². The first-order chi connectivity index (χ1) is 9.54. The molecule has 0 spiro atoms. The maximum absolute atomic E-state index is 10.2. The van der Waals surface area contributed by atoms with Gasteiger partial charge in [0.25, 0.3) is 0 Å². The highest BCUT2D eigenvalue weighted by Crippen LogP contribution is 2.16. The number of hydrogen-bond donors (Lipinski definition) is 1. The summed E-state index contributed by atoms with van der Waals surface area (Å²) < 4.78 is 0. The number of rotatable bonds is 5. The van der Waals surface area contributed by atoms with Gasteiger partial charge in [-0.1, -0.05) is 67.9 Å². The zero-order valence-corrected chi connectivity index (χ0v) is 12.6. The van der Waals surface area contributed by atoms with Crippen molar-refractivity contribution in [3.05, 3.63) is 70.8 Å². The summed E-state index contributed by atoms with van der Waals surface area (Å²) in [5.41, 5.74) is 5.00. The fraction of sp³-hybridized carbons (Fsp3) is 0.368. The first-order valence-electron chi connectivity index (χ1n) is 7.37. The molecule has 0 saturated carbocycles. The molecule has 2 aromatic rings. The highest BCUT2D eigenvalue weighted by atomic mass is 16.3. The van der Waals surface area contributed by atoms with Crippen LogP contribution in [-0.2, 0) is 12.8 Å². The molecule has 0 bridgehead atoms. The van der Waals surface area contributed by atoms with Crippen LogP contribution in [0.2, 0.25) is 0 Å². The molecule has 0 aliphatic heterocycles. The van der Waals surface area contributed by atoms with Gasteiger partial charge in [0.1, 0.15) is 0 Å². The molecule has 106 valence electrons. The molecule has 2 aromatic carbocycles. The average Bonchev–Trinajstić information content (AvgIpc) is 2.39. The Morgan fingerprint density at radius 3 is 2.15 bits per heavy atom. The van der Waals surface area contributed by atoms with Gasteiger partial charge in [-0.15, -0.1) is 0 Å². The maximum Gasteiger partial charge on any atom is 0.0620 e. The van der Waals surface area contributed by atoms with Gasteiger partial charge in [-0.3, -0.25) is 0 Å². The van der Waals surface area contributed by atoms with E-state index >= 15 is 0 Å². The van der Waals surface area contributed by atoms with Gasteiger partial charge in [-0.2, -0.15) is 0 Å². The molecule has 1 heteroatoms. The minimum absolute atomic E-state index is 0.318. The molecule has 1 nitrogen and oxygen atoms in total. The Balaban J connectivity index is 1.95. The number of hydrogen-bond acceptors (Lipinski definition) is 1. The molecule has 1 N–H and O–H groups in total. The Morgan fingerprint density at radius 2 is 1.55 bits per heavy atom. The minimum atomic E-state index is -0.318. The van der Waals surface area contributed by atoms with Crippen LogP contribution >= 0.6 is 0 Å². The predicted molar refractivity (Wildman–Crippen MR) is 85.1 cm³/mol. The Morgan fingerprint density at radius 1 is 0.900 bits per heavy atom. The highest BCUT2D eigenvalue weighted by molar-refractivity contribution is 5.26. The number of aryl methyl sites for hydroxylation is 1. The summed E-state index contributed by atoms with van der Waals surface area (Å²) in [6.45, 7) is 6.48. The summed E-state index contributed by atoms with van der Waals surface area (Å²) >= 11 is 0. The van der Waals surface area contributed by atoms with Crippen LogP contribution in [-0.4, -0.2) is 11.2 Å². The monoisotopic (exact) mass is 268 g/mol. The van der Waals surface area contributed by atoms with Crippen molar-refractivity contribution >= 4 is 0 Å². The fourth-order valence-corrected chi connectivity index (χ4v) is 2.49. The highest BCUT2D eigenvalue weighted by Gasteiger charge is 2.08. The van der Waals surface area contributed by atoms with Crippen molar-refractivity contribution in [2.45, 2.75) is 45.6 Å². The van der Waals surface area contributed by atoms with Gasteiger partial charge in [0.05, 0.1) is 6.10 Å². The van der Waals surface area contributed by atoms with E-state index in [4.69, 9.17) is 0 Å². The Labute approximate surface area is 122 Å². The zero-order valence-electron chi connectivity index (χ0n) is 12.6. The third kappa shape index (κ3) is 4.21. The van der Waals surface area contributed by atoms with Crippen LogP contribution in [0.15, 0.2) is 48.5 Å². The molecule has 0 amide bonds. The van der Waals surface area contributed by atoms with Crippen LogP contribution in [0, 0.1) is 6.92 Å². The molecule has 0 aromatic heterocycles. The molecule has 1 unspecified atom stereocenters. The van der Waals surface area contributed by atoms with Gasteiger partial charge < -0.3 is 5.11 Å². The van der Waals surface area contributed by atoms with Gasteiger partial charge in [-0.25, -0.2) is 0 Å². The average molecular weight is 268 g/mol. The topological polar surface area (TPSA) is 20.2 Å². The molecule has 0 heterocycles. The first kappa shape index (κ1) is 14.8. The van der Waals surface area contributed by atoms with Crippen LogP contribution < -0.4 is 0 Å². The molecule has 1 atom stereocenters. The summed E-state index contributed by atoms with van der Waals surface area (Å²) in [5.74, 6) is 0.557. The summed E-state index contributed by atoms with van der Waals surface area (Å²) in [5, 5.41) is 10.2. The molecule has 20 heavy (non-hydrogen) atoms.